The molecule has 0 aliphatic heterocycles. The Bertz CT molecular complexity index is 1140. The van der Waals surface area contributed by atoms with Crippen LogP contribution in [0.2, 0.25) is 0 Å². The fourth-order valence-electron chi connectivity index (χ4n) is 3.95. The third kappa shape index (κ3) is 5.78. The first-order chi connectivity index (χ1) is 16.1. The lowest BCUT2D eigenvalue weighted by Gasteiger charge is -2.34. The van der Waals surface area contributed by atoms with Gasteiger partial charge in [-0.15, -0.1) is 0 Å². The van der Waals surface area contributed by atoms with Crippen molar-refractivity contribution in [1.29, 1.82) is 0 Å². The van der Waals surface area contributed by atoms with Crippen LogP contribution in [-0.4, -0.2) is 32.3 Å². The largest absolute Gasteiger partial charge is 0.390 e. The Morgan fingerprint density at radius 3 is 1.94 bits per heavy atom. The third-order valence-electron chi connectivity index (χ3n) is 5.78. The van der Waals surface area contributed by atoms with Crippen LogP contribution in [0, 0.1) is 5.92 Å². The molecule has 0 bridgehead atoms. The molecule has 1 aliphatic carbocycles. The summed E-state index contributed by atoms with van der Waals surface area (Å²) in [6, 6.07) is 27.6. The fraction of sp³-hybridized carbons (Fsp3) is 0.259. The number of hydrogen-bond donors (Lipinski definition) is 1. The van der Waals surface area contributed by atoms with Crippen LogP contribution < -0.4 is 0 Å². The number of hydrogen-bond acceptors (Lipinski definition) is 5. The van der Waals surface area contributed by atoms with Crippen molar-refractivity contribution in [3.05, 3.63) is 113 Å². The van der Waals surface area contributed by atoms with Crippen LogP contribution in [0.4, 0.5) is 0 Å². The highest BCUT2D eigenvalue weighted by molar-refractivity contribution is 7.95. The van der Waals surface area contributed by atoms with Gasteiger partial charge in [0, 0.05) is 5.92 Å². The van der Waals surface area contributed by atoms with Gasteiger partial charge in [0.15, 0.2) is 0 Å². The lowest BCUT2D eigenvalue weighted by atomic mass is 9.89. The quantitative estimate of drug-likeness (QED) is 0.504. The molecule has 3 aromatic rings. The highest BCUT2D eigenvalue weighted by atomic mass is 32.2. The minimum Gasteiger partial charge on any atom is -0.390 e. The molecule has 3 aromatic carbocycles. The van der Waals surface area contributed by atoms with E-state index in [1.807, 2.05) is 60.7 Å². The van der Waals surface area contributed by atoms with Gasteiger partial charge in [0.25, 0.3) is 0 Å². The fourth-order valence-corrected chi connectivity index (χ4v) is 5.56. The zero-order valence-corrected chi connectivity index (χ0v) is 19.1. The normalized spacial score (nSPS) is 20.9. The second kappa shape index (κ2) is 10.9. The second-order valence-electron chi connectivity index (χ2n) is 8.13. The smallest absolute Gasteiger partial charge is 0.205 e. The van der Waals surface area contributed by atoms with Crippen LogP contribution >= 0.6 is 0 Å². The number of ether oxygens (including phenoxy) is 2. The topological polar surface area (TPSA) is 72.8 Å². The van der Waals surface area contributed by atoms with Gasteiger partial charge in [0.05, 0.1) is 35.7 Å². The Balaban J connectivity index is 1.53. The molecule has 4 rings (SSSR count). The van der Waals surface area contributed by atoms with Crippen LogP contribution in [0.15, 0.2) is 107 Å². The van der Waals surface area contributed by atoms with Crippen molar-refractivity contribution in [3.8, 4) is 0 Å². The maximum absolute atomic E-state index is 13.4. The number of aliphatic hydroxyl groups excluding tert-OH is 1. The molecule has 6 heteroatoms. The minimum atomic E-state index is -3.80. The van der Waals surface area contributed by atoms with E-state index in [0.29, 0.717) is 19.6 Å². The molecule has 0 amide bonds. The Kier molecular flexibility index (Phi) is 7.73. The molecule has 0 unspecified atom stereocenters. The molecule has 0 saturated heterocycles. The molecule has 0 saturated carbocycles. The van der Waals surface area contributed by atoms with Gasteiger partial charge < -0.3 is 14.6 Å². The van der Waals surface area contributed by atoms with Gasteiger partial charge in [0.1, 0.15) is 6.10 Å². The van der Waals surface area contributed by atoms with Crippen molar-refractivity contribution in [3.63, 3.8) is 0 Å². The predicted molar refractivity (Wildman–Crippen MR) is 127 cm³/mol. The lowest BCUT2D eigenvalue weighted by Crippen LogP contribution is -2.43. The molecule has 1 aliphatic rings. The van der Waals surface area contributed by atoms with Crippen molar-refractivity contribution >= 4 is 9.84 Å². The molecule has 5 nitrogen and oxygen atoms in total. The molecule has 0 fully saturated rings. The standard InChI is InChI=1S/C27H28O5S/c28-26-23(20-31-18-21-10-4-1-5-11-21)16-17-25(33(29,30)24-14-8-3-9-15-24)27(26)32-19-22-12-6-2-7-13-22/h1-15,17,23,26-28H,16,18-20H2/t23-,26-,27-/m1/s1. The average Bonchev–Trinajstić information content (AvgIpc) is 2.86. The van der Waals surface area contributed by atoms with Crippen molar-refractivity contribution in [1.82, 2.24) is 0 Å². The van der Waals surface area contributed by atoms with Crippen molar-refractivity contribution in [2.24, 2.45) is 5.92 Å². The first-order valence-electron chi connectivity index (χ1n) is 11.0. The maximum atomic E-state index is 13.4. The summed E-state index contributed by atoms with van der Waals surface area (Å²) in [6.07, 6.45) is 0.0848. The van der Waals surface area contributed by atoms with Gasteiger partial charge in [-0.05, 0) is 29.7 Å². The molecular formula is C27H28O5S. The highest BCUT2D eigenvalue weighted by Gasteiger charge is 2.40. The van der Waals surface area contributed by atoms with Gasteiger partial charge in [-0.1, -0.05) is 84.9 Å². The first kappa shape index (κ1) is 23.4. The summed E-state index contributed by atoms with van der Waals surface area (Å²) in [6.45, 7) is 0.927. The van der Waals surface area contributed by atoms with Crippen molar-refractivity contribution in [2.45, 2.75) is 36.7 Å². The molecule has 3 atom stereocenters. The third-order valence-corrected chi connectivity index (χ3v) is 7.69. The molecule has 0 heterocycles. The Labute approximate surface area is 195 Å². The van der Waals surface area contributed by atoms with E-state index in [1.165, 1.54) is 0 Å². The Hall–Kier alpha value is -2.77. The summed E-state index contributed by atoms with van der Waals surface area (Å²) in [7, 11) is -3.80. The van der Waals surface area contributed by atoms with Crippen LogP contribution in [0.25, 0.3) is 0 Å². The minimum absolute atomic E-state index is 0.108. The molecule has 0 radical (unpaired) electrons. The van der Waals surface area contributed by atoms with Gasteiger partial charge in [0.2, 0.25) is 9.84 Å². The second-order valence-corrected chi connectivity index (χ2v) is 10.1. The summed E-state index contributed by atoms with van der Waals surface area (Å²) >= 11 is 0. The van der Waals surface area contributed by atoms with E-state index in [-0.39, 0.29) is 22.3 Å². The molecular weight excluding hydrogens is 436 g/mol. The Morgan fingerprint density at radius 2 is 1.33 bits per heavy atom. The molecule has 0 aromatic heterocycles. The van der Waals surface area contributed by atoms with E-state index >= 15 is 0 Å². The number of sulfone groups is 1. The molecule has 1 N–H and O–H groups in total. The lowest BCUT2D eigenvalue weighted by molar-refractivity contribution is -0.0712. The number of aliphatic hydroxyl groups is 1. The SMILES string of the molecule is O=S(=O)(C1=CC[C@H](COCc2ccccc2)[C@@H](O)[C@@H]1OCc1ccccc1)c1ccccc1. The summed E-state index contributed by atoms with van der Waals surface area (Å²) in [5.41, 5.74) is 1.95. The van der Waals surface area contributed by atoms with E-state index in [1.54, 1.807) is 36.4 Å². The van der Waals surface area contributed by atoms with E-state index in [9.17, 15) is 13.5 Å². The summed E-state index contributed by atoms with van der Waals surface area (Å²) < 4.78 is 38.6. The number of benzene rings is 3. The van der Waals surface area contributed by atoms with Gasteiger partial charge in [-0.25, -0.2) is 8.42 Å². The molecule has 33 heavy (non-hydrogen) atoms. The zero-order valence-electron chi connectivity index (χ0n) is 18.3. The molecule has 172 valence electrons. The Morgan fingerprint density at radius 1 is 0.788 bits per heavy atom. The predicted octanol–water partition coefficient (Wildman–Crippen LogP) is 4.53. The summed E-state index contributed by atoms with van der Waals surface area (Å²) in [5.74, 6) is -0.274. The maximum Gasteiger partial charge on any atom is 0.205 e. The summed E-state index contributed by atoms with van der Waals surface area (Å²) in [4.78, 5) is 0.298. The van der Waals surface area contributed by atoms with E-state index in [0.717, 1.165) is 11.1 Å². The van der Waals surface area contributed by atoms with Crippen LogP contribution in [0.5, 0.6) is 0 Å². The van der Waals surface area contributed by atoms with E-state index in [4.69, 9.17) is 9.47 Å². The van der Waals surface area contributed by atoms with Gasteiger partial charge in [-0.3, -0.25) is 0 Å². The molecule has 0 spiro atoms. The van der Waals surface area contributed by atoms with Crippen LogP contribution in [0.1, 0.15) is 17.5 Å². The van der Waals surface area contributed by atoms with Gasteiger partial charge in [-0.2, -0.15) is 0 Å². The monoisotopic (exact) mass is 464 g/mol. The average molecular weight is 465 g/mol. The highest BCUT2D eigenvalue weighted by Crippen LogP contribution is 2.34. The van der Waals surface area contributed by atoms with E-state index < -0.39 is 22.0 Å². The van der Waals surface area contributed by atoms with Crippen molar-refractivity contribution in [2.75, 3.05) is 6.61 Å². The van der Waals surface area contributed by atoms with E-state index in [2.05, 4.69) is 0 Å². The number of rotatable bonds is 9. The summed E-state index contributed by atoms with van der Waals surface area (Å²) in [5, 5.41) is 11.2. The number of allylic oxidation sites excluding steroid dienone is 1. The van der Waals surface area contributed by atoms with Crippen LogP contribution in [-0.2, 0) is 32.5 Å². The zero-order chi connectivity index (χ0) is 23.1. The van der Waals surface area contributed by atoms with Crippen molar-refractivity contribution < 1.29 is 23.0 Å². The first-order valence-corrected chi connectivity index (χ1v) is 12.5. The van der Waals surface area contributed by atoms with Gasteiger partial charge >= 0.3 is 0 Å². The van der Waals surface area contributed by atoms with Crippen LogP contribution in [0.3, 0.4) is 0 Å².